The van der Waals surface area contributed by atoms with Crippen LogP contribution in [0.25, 0.3) is 0 Å². The van der Waals surface area contributed by atoms with Crippen LogP contribution >= 0.6 is 0 Å². The number of hydrogen-bond acceptors (Lipinski definition) is 24. The largest absolute Gasteiger partial charge is 0.465 e. The van der Waals surface area contributed by atoms with Gasteiger partial charge in [-0.25, -0.2) is 0 Å². The fourth-order valence-corrected chi connectivity index (χ4v) is 14.9. The second kappa shape index (κ2) is 22.2. The third-order valence-corrected chi connectivity index (χ3v) is 18.9. The highest BCUT2D eigenvalue weighted by molar-refractivity contribution is 5.92. The van der Waals surface area contributed by atoms with Crippen molar-refractivity contribution in [2.24, 2.45) is 39.9 Å². The van der Waals surface area contributed by atoms with E-state index in [4.69, 9.17) is 52.1 Å². The molecule has 10 N–H and O–H groups in total. The van der Waals surface area contributed by atoms with E-state index in [1.807, 2.05) is 0 Å². The van der Waals surface area contributed by atoms with Crippen molar-refractivity contribution in [2.75, 3.05) is 33.5 Å². The second-order valence-corrected chi connectivity index (χ2v) is 23.0. The number of ketones is 1. The van der Waals surface area contributed by atoms with Gasteiger partial charge in [0.2, 0.25) is 0 Å². The number of cyclic esters (lactones) is 1. The maximum absolute atomic E-state index is 14.9. The summed E-state index contributed by atoms with van der Waals surface area (Å²) < 4.78 is 65.0. The Kier molecular flexibility index (Phi) is 17.0. The fourth-order valence-electron chi connectivity index (χ4n) is 14.9. The monoisotopic (exact) mass is 1060 g/mol. The molecule has 0 aromatic rings. The Morgan fingerprint density at radius 1 is 0.649 bits per heavy atom. The highest BCUT2D eigenvalue weighted by Gasteiger charge is 2.70. The predicted molar refractivity (Wildman–Crippen MR) is 244 cm³/mol. The lowest BCUT2D eigenvalue weighted by atomic mass is 9.36. The van der Waals surface area contributed by atoms with Gasteiger partial charge in [-0.2, -0.15) is 0 Å². The van der Waals surface area contributed by atoms with Gasteiger partial charge >= 0.3 is 11.9 Å². The van der Waals surface area contributed by atoms with Gasteiger partial charge in [0, 0.05) is 43.1 Å². The van der Waals surface area contributed by atoms with Crippen LogP contribution in [0.2, 0.25) is 0 Å². The summed E-state index contributed by atoms with van der Waals surface area (Å²) in [5.74, 6) is -0.181. The first-order valence-electron chi connectivity index (χ1n) is 26.4. The summed E-state index contributed by atoms with van der Waals surface area (Å²) in [6.45, 7) is 5.85. The van der Waals surface area contributed by atoms with Gasteiger partial charge in [0.05, 0.1) is 51.2 Å². The van der Waals surface area contributed by atoms with Crippen molar-refractivity contribution in [3.63, 3.8) is 0 Å². The zero-order valence-corrected chi connectivity index (χ0v) is 42.5. The first kappa shape index (κ1) is 56.6. The lowest BCUT2D eigenvalue weighted by molar-refractivity contribution is -0.358. The lowest BCUT2D eigenvalue weighted by Crippen LogP contribution is -2.67. The van der Waals surface area contributed by atoms with E-state index in [2.05, 4.69) is 13.8 Å². The second-order valence-electron chi connectivity index (χ2n) is 23.0. The standard InChI is InChI=1S/C50H78O24/c1-20-42(74-46-41(62)38(59)35(56)29(73-46)19-67-45-40(61)37(58)34(55)28(72-45)18-66-44-39(60)36(57)33(54)27(16-51)71-44)26(64-5)15-32(68-20)70-25-8-10-48(3)24(43(25)69-21(2)52)7-13-50-12-6-23(22-14-31(53)65-17-22)49(4,47(50)63)11-9-30(48)50/h20,22-30,32-46,51,54-62H,6-19H2,1-5H3/t20-,22?,23+,24-,25-,26+,27+,28+,29+,30+,32-,33+,34+,35+,36-,37-,38-,39+,40+,41+,42-,43+,44+,45+,46-,48-,49+,50-/m0/s1. The molecule has 9 fully saturated rings. The van der Waals surface area contributed by atoms with Crippen molar-refractivity contribution < 1.29 is 118 Å². The first-order valence-corrected chi connectivity index (χ1v) is 26.4. The number of fused-ring (bicyclic) bond motifs is 3. The Bertz CT molecular complexity index is 1980. The van der Waals surface area contributed by atoms with E-state index < -0.39 is 166 Å². The minimum Gasteiger partial charge on any atom is -0.465 e. The van der Waals surface area contributed by atoms with Gasteiger partial charge in [-0.3, -0.25) is 14.4 Å². The number of ether oxygens (including phenoxy) is 11. The van der Waals surface area contributed by atoms with E-state index in [1.165, 1.54) is 14.0 Å². The Morgan fingerprint density at radius 2 is 1.22 bits per heavy atom. The molecule has 4 saturated carbocycles. The third kappa shape index (κ3) is 10.1. The average Bonchev–Trinajstić information content (AvgIpc) is 3.80. The molecule has 5 heterocycles. The summed E-state index contributed by atoms with van der Waals surface area (Å²) in [5.41, 5.74) is -1.34. The van der Waals surface area contributed by atoms with Crippen molar-refractivity contribution >= 4 is 17.7 Å². The van der Waals surface area contributed by atoms with E-state index in [0.717, 1.165) is 32.1 Å². The molecule has 9 rings (SSSR count). The molecular formula is C50H78O24. The van der Waals surface area contributed by atoms with Crippen LogP contribution in [0.4, 0.5) is 0 Å². The van der Waals surface area contributed by atoms with E-state index >= 15 is 0 Å². The van der Waals surface area contributed by atoms with Crippen molar-refractivity contribution in [2.45, 2.75) is 221 Å². The van der Waals surface area contributed by atoms with Gasteiger partial charge in [0.15, 0.2) is 25.2 Å². The van der Waals surface area contributed by atoms with Crippen LogP contribution in [0, 0.1) is 39.9 Å². The minimum atomic E-state index is -1.87. The van der Waals surface area contributed by atoms with E-state index in [0.29, 0.717) is 38.1 Å². The van der Waals surface area contributed by atoms with Crippen LogP contribution in [0.15, 0.2) is 0 Å². The molecule has 24 nitrogen and oxygen atoms in total. The minimum absolute atomic E-state index is 0.0497. The van der Waals surface area contributed by atoms with Crippen LogP contribution in [0.5, 0.6) is 0 Å². The Balaban J connectivity index is 0.812. The highest BCUT2D eigenvalue weighted by Crippen LogP contribution is 2.70. The number of aliphatic hydroxyl groups excluding tert-OH is 10. The van der Waals surface area contributed by atoms with E-state index in [9.17, 15) is 65.4 Å². The van der Waals surface area contributed by atoms with Crippen LogP contribution in [0.1, 0.15) is 91.9 Å². The zero-order valence-electron chi connectivity index (χ0n) is 42.5. The molecular weight excluding hydrogens is 985 g/mol. The maximum atomic E-state index is 14.9. The smallest absolute Gasteiger partial charge is 0.306 e. The number of aliphatic hydroxyl groups is 10. The Labute approximate surface area is 428 Å². The first-order chi connectivity index (χ1) is 35.1. The summed E-state index contributed by atoms with van der Waals surface area (Å²) in [4.78, 5) is 39.9. The van der Waals surface area contributed by atoms with Gasteiger partial charge in [0.25, 0.3) is 0 Å². The maximum Gasteiger partial charge on any atom is 0.306 e. The van der Waals surface area contributed by atoms with Crippen LogP contribution in [-0.4, -0.2) is 231 Å². The van der Waals surface area contributed by atoms with E-state index in [-0.39, 0.29) is 41.5 Å². The molecule has 422 valence electrons. The molecule has 1 unspecified atom stereocenters. The molecule has 74 heavy (non-hydrogen) atoms. The molecule has 0 radical (unpaired) electrons. The molecule has 5 aliphatic heterocycles. The summed E-state index contributed by atoms with van der Waals surface area (Å²) in [6, 6.07) is 0. The fraction of sp³-hybridized carbons (Fsp3) is 0.940. The van der Waals surface area contributed by atoms with Crippen molar-refractivity contribution in [1.29, 1.82) is 0 Å². The van der Waals surface area contributed by atoms with Gasteiger partial charge < -0.3 is 103 Å². The molecule has 24 heteroatoms. The number of hydrogen-bond donors (Lipinski definition) is 10. The number of carbonyl (C=O) groups excluding carboxylic acids is 3. The van der Waals surface area contributed by atoms with E-state index in [1.54, 1.807) is 6.92 Å². The summed E-state index contributed by atoms with van der Waals surface area (Å²) in [6.07, 6.45) is -23.3. The molecule has 4 aliphatic carbocycles. The average molecular weight is 1060 g/mol. The van der Waals surface area contributed by atoms with Crippen LogP contribution in [0.3, 0.4) is 0 Å². The Morgan fingerprint density at radius 3 is 1.78 bits per heavy atom. The lowest BCUT2D eigenvalue weighted by Gasteiger charge is -2.67. The van der Waals surface area contributed by atoms with Gasteiger partial charge in [0.1, 0.15) is 91.2 Å². The van der Waals surface area contributed by atoms with Crippen molar-refractivity contribution in [3.8, 4) is 0 Å². The molecule has 2 bridgehead atoms. The van der Waals surface area contributed by atoms with Crippen LogP contribution < -0.4 is 0 Å². The number of esters is 2. The quantitative estimate of drug-likeness (QED) is 0.0632. The summed E-state index contributed by atoms with van der Waals surface area (Å²) in [5, 5.41) is 105. The molecule has 0 aromatic carbocycles. The number of Topliss-reactive ketones (excluding diaryl/α,β-unsaturated/α-hetero) is 1. The third-order valence-electron chi connectivity index (χ3n) is 18.9. The molecule has 5 saturated heterocycles. The Hall–Kier alpha value is -2.15. The SMILES string of the molecule is CO[C@@H]1C[C@H](O[C@H]2CC[C@@]3(C)[C@@H](CC[C@@]45CC[C@H](C6COC(=O)C6)[C@@](C)(CC[C@@H]43)C5=O)[C@H]2OC(C)=O)O[C@@H](C)[C@@H]1O[C@@H]1O[C@H](CO[C@@H]2O[C@H](CO[C@@H]3O[C@H](CO)[C@@H](O)[C@H](O)[C@H]3O)[C@@H](O)[C@H](O)[C@H]2O)[C@@H](O)[C@H](O)[C@H]1O. The number of rotatable bonds is 14. The summed E-state index contributed by atoms with van der Waals surface area (Å²) in [7, 11) is 1.46. The molecule has 28 atom stereocenters. The number of carbonyl (C=O) groups is 3. The summed E-state index contributed by atoms with van der Waals surface area (Å²) >= 11 is 0. The molecule has 0 aromatic heterocycles. The van der Waals surface area contributed by atoms with Gasteiger partial charge in [-0.1, -0.05) is 13.8 Å². The molecule has 9 aliphatic rings. The molecule has 0 amide bonds. The van der Waals surface area contributed by atoms with Crippen LogP contribution in [-0.2, 0) is 66.5 Å². The highest BCUT2D eigenvalue weighted by atomic mass is 16.8. The van der Waals surface area contributed by atoms with Crippen molar-refractivity contribution in [3.05, 3.63) is 0 Å². The number of methoxy groups -OCH3 is 1. The predicted octanol–water partition coefficient (Wildman–Crippen LogP) is -2.56. The molecule has 1 spiro atoms. The van der Waals surface area contributed by atoms with Gasteiger partial charge in [-0.05, 0) is 75.5 Å². The van der Waals surface area contributed by atoms with Gasteiger partial charge in [-0.15, -0.1) is 0 Å². The normalized spacial score (nSPS) is 52.7. The zero-order chi connectivity index (χ0) is 53.3. The topological polar surface area (TPSA) is 355 Å². The van der Waals surface area contributed by atoms with Crippen molar-refractivity contribution in [1.82, 2.24) is 0 Å².